The van der Waals surface area contributed by atoms with E-state index in [0.717, 1.165) is 5.56 Å². The Hall–Kier alpha value is -1.30. The second-order valence-electron chi connectivity index (χ2n) is 3.88. The van der Waals surface area contributed by atoms with Crippen molar-refractivity contribution in [1.29, 1.82) is 0 Å². The Morgan fingerprint density at radius 2 is 2.00 bits per heavy atom. The zero-order valence-corrected chi connectivity index (χ0v) is 10.9. The molecule has 0 aromatic heterocycles. The van der Waals surface area contributed by atoms with E-state index in [2.05, 4.69) is 0 Å². The second kappa shape index (κ2) is 7.92. The van der Waals surface area contributed by atoms with Gasteiger partial charge in [0.1, 0.15) is 6.61 Å². The van der Waals surface area contributed by atoms with E-state index in [1.165, 1.54) is 0 Å². The Balaban J connectivity index is 2.54. The van der Waals surface area contributed by atoms with Gasteiger partial charge < -0.3 is 25.1 Å². The van der Waals surface area contributed by atoms with Crippen LogP contribution < -0.4 is 15.2 Å². The van der Waals surface area contributed by atoms with Crippen LogP contribution >= 0.6 is 0 Å². The number of hydrogen-bond donors (Lipinski definition) is 2. The van der Waals surface area contributed by atoms with Gasteiger partial charge in [-0.1, -0.05) is 6.07 Å². The predicted molar refractivity (Wildman–Crippen MR) is 69.0 cm³/mol. The topological polar surface area (TPSA) is 73.9 Å². The van der Waals surface area contributed by atoms with E-state index in [1.807, 2.05) is 25.1 Å². The van der Waals surface area contributed by atoms with Crippen molar-refractivity contribution in [2.75, 3.05) is 33.5 Å². The second-order valence-corrected chi connectivity index (χ2v) is 3.88. The highest BCUT2D eigenvalue weighted by molar-refractivity contribution is 5.43. The maximum absolute atomic E-state index is 8.55. The number of benzene rings is 1. The van der Waals surface area contributed by atoms with Crippen LogP contribution in [0.15, 0.2) is 18.2 Å². The SMILES string of the molecule is COc1cc([C@H](C)N)ccc1OCCOCCO. The number of rotatable bonds is 8. The summed E-state index contributed by atoms with van der Waals surface area (Å²) in [6.45, 7) is 3.10. The highest BCUT2D eigenvalue weighted by atomic mass is 16.5. The van der Waals surface area contributed by atoms with Gasteiger partial charge in [0.25, 0.3) is 0 Å². The van der Waals surface area contributed by atoms with Crippen LogP contribution in [0, 0.1) is 0 Å². The highest BCUT2D eigenvalue weighted by Gasteiger charge is 2.07. The molecule has 0 heterocycles. The summed E-state index contributed by atoms with van der Waals surface area (Å²) in [6.07, 6.45) is 0. The summed E-state index contributed by atoms with van der Waals surface area (Å²) in [6, 6.07) is 5.58. The maximum Gasteiger partial charge on any atom is 0.161 e. The summed E-state index contributed by atoms with van der Waals surface area (Å²) >= 11 is 0. The minimum Gasteiger partial charge on any atom is -0.493 e. The number of nitrogens with two attached hydrogens (primary N) is 1. The van der Waals surface area contributed by atoms with Gasteiger partial charge >= 0.3 is 0 Å². The van der Waals surface area contributed by atoms with E-state index < -0.39 is 0 Å². The number of hydrogen-bond acceptors (Lipinski definition) is 5. The Kier molecular flexibility index (Phi) is 6.49. The van der Waals surface area contributed by atoms with Crippen LogP contribution in [0.3, 0.4) is 0 Å². The van der Waals surface area contributed by atoms with Crippen LogP contribution in [0.2, 0.25) is 0 Å². The molecule has 1 atom stereocenters. The van der Waals surface area contributed by atoms with Crippen molar-refractivity contribution < 1.29 is 19.3 Å². The third-order valence-electron chi connectivity index (χ3n) is 2.43. The average molecular weight is 255 g/mol. The van der Waals surface area contributed by atoms with Crippen LogP contribution in [0.25, 0.3) is 0 Å². The maximum atomic E-state index is 8.55. The summed E-state index contributed by atoms with van der Waals surface area (Å²) in [7, 11) is 1.59. The average Bonchev–Trinajstić information content (AvgIpc) is 2.38. The number of aliphatic hydroxyl groups is 1. The van der Waals surface area contributed by atoms with Gasteiger partial charge in [-0.2, -0.15) is 0 Å². The molecule has 0 aliphatic rings. The molecular weight excluding hydrogens is 234 g/mol. The van der Waals surface area contributed by atoms with Crippen LogP contribution in [0.5, 0.6) is 11.5 Å². The van der Waals surface area contributed by atoms with Gasteiger partial charge in [-0.3, -0.25) is 0 Å². The van der Waals surface area contributed by atoms with Gasteiger partial charge in [0, 0.05) is 6.04 Å². The molecule has 5 nitrogen and oxygen atoms in total. The van der Waals surface area contributed by atoms with Crippen molar-refractivity contribution in [3.05, 3.63) is 23.8 Å². The fourth-order valence-corrected chi connectivity index (χ4v) is 1.46. The Bertz CT molecular complexity index is 355. The summed E-state index contributed by atoms with van der Waals surface area (Å²) in [5.41, 5.74) is 6.80. The molecule has 0 saturated carbocycles. The molecule has 102 valence electrons. The molecule has 1 rings (SSSR count). The first-order valence-corrected chi connectivity index (χ1v) is 5.94. The number of methoxy groups -OCH3 is 1. The fraction of sp³-hybridized carbons (Fsp3) is 0.538. The molecule has 0 bridgehead atoms. The third-order valence-corrected chi connectivity index (χ3v) is 2.43. The normalized spacial score (nSPS) is 12.2. The summed E-state index contributed by atoms with van der Waals surface area (Å²) in [5, 5.41) is 8.55. The molecule has 1 aromatic carbocycles. The molecule has 0 radical (unpaired) electrons. The molecule has 0 aliphatic heterocycles. The van der Waals surface area contributed by atoms with Crippen molar-refractivity contribution in [2.45, 2.75) is 13.0 Å². The Morgan fingerprint density at radius 3 is 2.61 bits per heavy atom. The van der Waals surface area contributed by atoms with Crippen molar-refractivity contribution in [2.24, 2.45) is 5.73 Å². The van der Waals surface area contributed by atoms with E-state index in [1.54, 1.807) is 7.11 Å². The molecule has 1 aromatic rings. The van der Waals surface area contributed by atoms with Gasteiger partial charge in [0.05, 0.1) is 26.9 Å². The molecule has 0 unspecified atom stereocenters. The van der Waals surface area contributed by atoms with Crippen LogP contribution in [0.1, 0.15) is 18.5 Å². The minimum absolute atomic E-state index is 0.0202. The van der Waals surface area contributed by atoms with Crippen molar-refractivity contribution >= 4 is 0 Å². The van der Waals surface area contributed by atoms with Crippen molar-refractivity contribution in [3.63, 3.8) is 0 Å². The fourth-order valence-electron chi connectivity index (χ4n) is 1.46. The van der Waals surface area contributed by atoms with Crippen LogP contribution in [-0.4, -0.2) is 38.6 Å². The Labute approximate surface area is 107 Å². The first-order valence-electron chi connectivity index (χ1n) is 5.94. The molecule has 0 saturated heterocycles. The van der Waals surface area contributed by atoms with Gasteiger partial charge in [-0.05, 0) is 24.6 Å². The van der Waals surface area contributed by atoms with E-state index in [4.69, 9.17) is 25.1 Å². The molecule has 0 fully saturated rings. The van der Waals surface area contributed by atoms with Gasteiger partial charge in [0.2, 0.25) is 0 Å². The lowest BCUT2D eigenvalue weighted by Gasteiger charge is -2.13. The Morgan fingerprint density at radius 1 is 1.22 bits per heavy atom. The zero-order valence-electron chi connectivity index (χ0n) is 10.9. The molecule has 18 heavy (non-hydrogen) atoms. The monoisotopic (exact) mass is 255 g/mol. The standard InChI is InChI=1S/C13H21NO4/c1-10(14)11-3-4-12(13(9-11)16-2)18-8-7-17-6-5-15/h3-4,9-10,15H,5-8,14H2,1-2H3/t10-/m0/s1. The van der Waals surface area contributed by atoms with Crippen LogP contribution in [-0.2, 0) is 4.74 Å². The zero-order chi connectivity index (χ0) is 13.4. The first kappa shape index (κ1) is 14.8. The first-order chi connectivity index (χ1) is 8.69. The minimum atomic E-state index is -0.0409. The van der Waals surface area contributed by atoms with Crippen molar-refractivity contribution in [1.82, 2.24) is 0 Å². The third kappa shape index (κ3) is 4.52. The van der Waals surface area contributed by atoms with E-state index >= 15 is 0 Å². The molecule has 0 spiro atoms. The highest BCUT2D eigenvalue weighted by Crippen LogP contribution is 2.29. The van der Waals surface area contributed by atoms with E-state index in [0.29, 0.717) is 31.3 Å². The van der Waals surface area contributed by atoms with Gasteiger partial charge in [-0.15, -0.1) is 0 Å². The smallest absolute Gasteiger partial charge is 0.161 e. The predicted octanol–water partition coefficient (Wildman–Crippen LogP) is 1.10. The van der Waals surface area contributed by atoms with Crippen LogP contribution in [0.4, 0.5) is 0 Å². The summed E-state index contributed by atoms with van der Waals surface area (Å²) in [4.78, 5) is 0. The quantitative estimate of drug-likeness (QED) is 0.680. The molecular formula is C13H21NO4. The van der Waals surface area contributed by atoms with Crippen molar-refractivity contribution in [3.8, 4) is 11.5 Å². The summed E-state index contributed by atoms with van der Waals surface area (Å²) in [5.74, 6) is 1.32. The molecule has 3 N–H and O–H groups in total. The molecule has 0 aliphatic carbocycles. The number of aliphatic hydroxyl groups excluding tert-OH is 1. The van der Waals surface area contributed by atoms with E-state index in [9.17, 15) is 0 Å². The lowest BCUT2D eigenvalue weighted by atomic mass is 10.1. The molecule has 5 heteroatoms. The lowest BCUT2D eigenvalue weighted by molar-refractivity contribution is 0.0699. The van der Waals surface area contributed by atoms with E-state index in [-0.39, 0.29) is 12.6 Å². The largest absolute Gasteiger partial charge is 0.493 e. The van der Waals surface area contributed by atoms with Gasteiger partial charge in [-0.25, -0.2) is 0 Å². The van der Waals surface area contributed by atoms with Gasteiger partial charge in [0.15, 0.2) is 11.5 Å². The number of ether oxygens (including phenoxy) is 3. The lowest BCUT2D eigenvalue weighted by Crippen LogP contribution is -2.10. The molecule has 0 amide bonds. The summed E-state index contributed by atoms with van der Waals surface area (Å²) < 4.78 is 15.9.